The Hall–Kier alpha value is -3.32. The van der Waals surface area contributed by atoms with Gasteiger partial charge in [0.15, 0.2) is 11.5 Å². The number of hydrogen-bond acceptors (Lipinski definition) is 5. The monoisotopic (exact) mass is 384 g/mol. The Balaban J connectivity index is 1.68. The molecule has 0 atom stereocenters. The average molecular weight is 385 g/mol. The topological polar surface area (TPSA) is 78.3 Å². The molecule has 27 heavy (non-hydrogen) atoms. The van der Waals surface area contributed by atoms with Crippen LogP contribution in [-0.2, 0) is 4.79 Å². The zero-order valence-electron chi connectivity index (χ0n) is 14.7. The Kier molecular flexibility index (Phi) is 5.73. The normalized spacial score (nSPS) is 10.8. The van der Waals surface area contributed by atoms with Crippen LogP contribution in [0.3, 0.4) is 0 Å². The summed E-state index contributed by atoms with van der Waals surface area (Å²) in [6.45, 7) is 0. The summed E-state index contributed by atoms with van der Waals surface area (Å²) in [5.41, 5.74) is 2.23. The Bertz CT molecular complexity index is 954. The summed E-state index contributed by atoms with van der Waals surface area (Å²) in [7, 11) is 3.04. The molecule has 0 unspecified atom stereocenters. The summed E-state index contributed by atoms with van der Waals surface area (Å²) in [4.78, 5) is 16.0. The van der Waals surface area contributed by atoms with E-state index in [2.05, 4.69) is 15.4 Å². The van der Waals surface area contributed by atoms with Crippen LogP contribution in [0.4, 0.5) is 5.69 Å². The van der Waals surface area contributed by atoms with Crippen molar-refractivity contribution in [3.8, 4) is 17.2 Å². The third-order valence-corrected chi connectivity index (χ3v) is 3.98. The Labute approximate surface area is 161 Å². The fourth-order valence-electron chi connectivity index (χ4n) is 2.43. The van der Waals surface area contributed by atoms with Crippen LogP contribution in [0.15, 0.2) is 55.1 Å². The van der Waals surface area contributed by atoms with E-state index < -0.39 is 0 Å². The number of ether oxygens (including phenoxy) is 2. The first-order valence-electron chi connectivity index (χ1n) is 7.96. The maximum atomic E-state index is 12.1. The van der Waals surface area contributed by atoms with Crippen molar-refractivity contribution in [3.63, 3.8) is 0 Å². The van der Waals surface area contributed by atoms with Crippen molar-refractivity contribution >= 4 is 29.3 Å². The molecule has 0 aliphatic heterocycles. The van der Waals surface area contributed by atoms with E-state index in [-0.39, 0.29) is 5.91 Å². The zero-order chi connectivity index (χ0) is 19.2. The second kappa shape index (κ2) is 8.37. The fraction of sp³-hybridized carbons (Fsp3) is 0.105. The highest BCUT2D eigenvalue weighted by molar-refractivity contribution is 6.32. The number of nitrogens with zero attached hydrogens (tertiary/aromatic N) is 3. The largest absolute Gasteiger partial charge is 0.493 e. The number of benzene rings is 2. The van der Waals surface area contributed by atoms with E-state index in [0.717, 1.165) is 5.69 Å². The minimum Gasteiger partial charge on any atom is -0.493 e. The molecule has 0 bridgehead atoms. The summed E-state index contributed by atoms with van der Waals surface area (Å²) in [5, 5.41) is 7.24. The third kappa shape index (κ3) is 4.45. The lowest BCUT2D eigenvalue weighted by atomic mass is 10.2. The number of halogens is 1. The Morgan fingerprint density at radius 1 is 1.19 bits per heavy atom. The average Bonchev–Trinajstić information content (AvgIpc) is 3.21. The molecule has 1 N–H and O–H groups in total. The van der Waals surface area contributed by atoms with Crippen molar-refractivity contribution in [1.29, 1.82) is 0 Å². The molecule has 1 aromatic heterocycles. The van der Waals surface area contributed by atoms with Gasteiger partial charge in [-0.3, -0.25) is 4.79 Å². The first-order chi connectivity index (χ1) is 13.1. The number of methoxy groups -OCH3 is 2. The summed E-state index contributed by atoms with van der Waals surface area (Å²) in [6.07, 6.45) is 6.13. The molecule has 2 aromatic carbocycles. The lowest BCUT2D eigenvalue weighted by Crippen LogP contribution is -2.07. The number of carbonyl (C=O) groups excluding carboxylic acids is 1. The minimum absolute atomic E-state index is 0.269. The van der Waals surface area contributed by atoms with Crippen LogP contribution in [-0.4, -0.2) is 34.9 Å². The highest BCUT2D eigenvalue weighted by Crippen LogP contribution is 2.36. The lowest BCUT2D eigenvalue weighted by molar-refractivity contribution is -0.111. The molecule has 0 spiro atoms. The van der Waals surface area contributed by atoms with Gasteiger partial charge >= 0.3 is 0 Å². The van der Waals surface area contributed by atoms with Crippen LogP contribution in [0.1, 0.15) is 5.56 Å². The summed E-state index contributed by atoms with van der Waals surface area (Å²) < 4.78 is 12.1. The van der Waals surface area contributed by atoms with Gasteiger partial charge in [0.25, 0.3) is 0 Å². The lowest BCUT2D eigenvalue weighted by Gasteiger charge is -2.10. The number of amides is 1. The number of aromatic nitrogens is 3. The molecule has 138 valence electrons. The highest BCUT2D eigenvalue weighted by Gasteiger charge is 2.10. The van der Waals surface area contributed by atoms with Crippen molar-refractivity contribution in [3.05, 3.63) is 65.7 Å². The van der Waals surface area contributed by atoms with Crippen molar-refractivity contribution in [2.45, 2.75) is 0 Å². The molecule has 0 aliphatic carbocycles. The Morgan fingerprint density at radius 3 is 2.59 bits per heavy atom. The molecule has 1 amide bonds. The van der Waals surface area contributed by atoms with Gasteiger partial charge in [0.2, 0.25) is 5.91 Å². The number of anilines is 1. The third-order valence-electron chi connectivity index (χ3n) is 3.70. The van der Waals surface area contributed by atoms with Crippen LogP contribution >= 0.6 is 11.6 Å². The van der Waals surface area contributed by atoms with E-state index in [1.807, 2.05) is 12.1 Å². The van der Waals surface area contributed by atoms with Gasteiger partial charge in [0.1, 0.15) is 12.7 Å². The van der Waals surface area contributed by atoms with E-state index in [1.54, 1.807) is 41.4 Å². The number of rotatable bonds is 6. The SMILES string of the molecule is COc1cc(/C=C/C(=O)Nc2ccc(-n3cncn3)cc2)cc(Cl)c1OC. The number of hydrogen-bond donors (Lipinski definition) is 1. The van der Waals surface area contributed by atoms with Crippen LogP contribution in [0, 0.1) is 0 Å². The zero-order valence-corrected chi connectivity index (χ0v) is 15.5. The predicted octanol–water partition coefficient (Wildman–Crippen LogP) is 3.59. The Morgan fingerprint density at radius 2 is 1.96 bits per heavy atom. The number of nitrogens with one attached hydrogen (secondary N) is 1. The van der Waals surface area contributed by atoms with Crippen molar-refractivity contribution in [1.82, 2.24) is 14.8 Å². The van der Waals surface area contributed by atoms with Crippen molar-refractivity contribution < 1.29 is 14.3 Å². The molecule has 0 saturated heterocycles. The molecular formula is C19H17ClN4O3. The van der Waals surface area contributed by atoms with Crippen LogP contribution < -0.4 is 14.8 Å². The van der Waals surface area contributed by atoms with Gasteiger partial charge in [-0.15, -0.1) is 0 Å². The second-order valence-corrected chi connectivity index (χ2v) is 5.85. The summed E-state index contributed by atoms with van der Waals surface area (Å²) >= 11 is 6.16. The molecule has 8 heteroatoms. The van der Waals surface area contributed by atoms with Crippen LogP contribution in [0.5, 0.6) is 11.5 Å². The second-order valence-electron chi connectivity index (χ2n) is 5.45. The molecule has 3 aromatic rings. The smallest absolute Gasteiger partial charge is 0.248 e. The van der Waals surface area contributed by atoms with E-state index in [9.17, 15) is 4.79 Å². The first kappa shape index (κ1) is 18.5. The van der Waals surface area contributed by atoms with Gasteiger partial charge in [-0.05, 0) is 48.0 Å². The van der Waals surface area contributed by atoms with Gasteiger partial charge in [0, 0.05) is 11.8 Å². The molecule has 0 radical (unpaired) electrons. The molecule has 0 fully saturated rings. The van der Waals surface area contributed by atoms with Gasteiger partial charge in [-0.1, -0.05) is 11.6 Å². The summed E-state index contributed by atoms with van der Waals surface area (Å²) in [6, 6.07) is 10.7. The van der Waals surface area contributed by atoms with Gasteiger partial charge in [0.05, 0.1) is 24.9 Å². The molecule has 1 heterocycles. The molecule has 7 nitrogen and oxygen atoms in total. The van der Waals surface area contributed by atoms with E-state index in [1.165, 1.54) is 26.6 Å². The molecule has 3 rings (SSSR count). The number of carbonyl (C=O) groups is 1. The first-order valence-corrected chi connectivity index (χ1v) is 8.34. The highest BCUT2D eigenvalue weighted by atomic mass is 35.5. The minimum atomic E-state index is -0.269. The quantitative estimate of drug-likeness (QED) is 0.657. The van der Waals surface area contributed by atoms with Crippen LogP contribution in [0.2, 0.25) is 5.02 Å². The fourth-order valence-corrected chi connectivity index (χ4v) is 2.73. The van der Waals surface area contributed by atoms with E-state index in [4.69, 9.17) is 21.1 Å². The molecule has 0 saturated carbocycles. The van der Waals surface area contributed by atoms with Gasteiger partial charge < -0.3 is 14.8 Å². The van der Waals surface area contributed by atoms with Crippen LogP contribution in [0.25, 0.3) is 11.8 Å². The molecular weight excluding hydrogens is 368 g/mol. The maximum absolute atomic E-state index is 12.1. The maximum Gasteiger partial charge on any atom is 0.248 e. The molecule has 0 aliphatic rings. The van der Waals surface area contributed by atoms with Crippen molar-refractivity contribution in [2.24, 2.45) is 0 Å². The van der Waals surface area contributed by atoms with E-state index in [0.29, 0.717) is 27.8 Å². The van der Waals surface area contributed by atoms with Crippen molar-refractivity contribution in [2.75, 3.05) is 19.5 Å². The standard InChI is InChI=1S/C19H17ClN4O3/c1-26-17-10-13(9-16(20)19(17)27-2)3-8-18(25)23-14-4-6-15(7-5-14)24-12-21-11-22-24/h3-12H,1-2H3,(H,23,25)/b8-3+. The van der Waals surface area contributed by atoms with Gasteiger partial charge in [-0.2, -0.15) is 5.10 Å². The summed E-state index contributed by atoms with van der Waals surface area (Å²) in [5.74, 6) is 0.677. The van der Waals surface area contributed by atoms with E-state index >= 15 is 0 Å². The van der Waals surface area contributed by atoms with Gasteiger partial charge in [-0.25, -0.2) is 9.67 Å². The predicted molar refractivity (Wildman–Crippen MR) is 104 cm³/mol.